The van der Waals surface area contributed by atoms with Crippen LogP contribution in [0.4, 0.5) is 0 Å². The van der Waals surface area contributed by atoms with Crippen LogP contribution in [0.5, 0.6) is 0 Å². The summed E-state index contributed by atoms with van der Waals surface area (Å²) in [6.45, 7) is 0. The first kappa shape index (κ1) is 20.4. The Bertz CT molecular complexity index is 268. The second-order valence-electron chi connectivity index (χ2n) is 1.12. The second-order valence-corrected chi connectivity index (χ2v) is 3.81. The SMILES string of the molecule is [K].[K].[O]N(S(=O)(=O)O)S(=O)(=O)O. The zero-order valence-electron chi connectivity index (χ0n) is 6.20. The van der Waals surface area contributed by atoms with Crippen molar-refractivity contribution in [2.75, 3.05) is 0 Å². The zero-order valence-corrected chi connectivity index (χ0v) is 14.1. The monoisotopic (exact) mass is 270 g/mol. The van der Waals surface area contributed by atoms with Crippen molar-refractivity contribution in [3.8, 4) is 0 Å². The van der Waals surface area contributed by atoms with Gasteiger partial charge in [0.1, 0.15) is 3.87 Å². The maximum atomic E-state index is 9.73. The molecule has 2 N–H and O–H groups in total. The average Bonchev–Trinajstić information content (AvgIpc) is 1.59. The minimum atomic E-state index is -5.42. The van der Waals surface area contributed by atoms with E-state index in [9.17, 15) is 22.0 Å². The number of hydrogen-bond acceptors (Lipinski definition) is 4. The molecule has 0 aliphatic heterocycles. The van der Waals surface area contributed by atoms with Crippen LogP contribution >= 0.6 is 0 Å². The first-order valence-corrected chi connectivity index (χ1v) is 4.37. The van der Waals surface area contributed by atoms with Crippen LogP contribution in [0.2, 0.25) is 0 Å². The van der Waals surface area contributed by atoms with E-state index < -0.39 is 24.5 Å². The van der Waals surface area contributed by atoms with E-state index in [4.69, 9.17) is 9.11 Å². The van der Waals surface area contributed by atoms with Crippen molar-refractivity contribution in [1.29, 1.82) is 0 Å². The predicted octanol–water partition coefficient (Wildman–Crippen LogP) is -2.52. The summed E-state index contributed by atoms with van der Waals surface area (Å²) in [6.07, 6.45) is 0. The maximum Gasteiger partial charge on any atom is 0.377 e. The van der Waals surface area contributed by atoms with E-state index in [-0.39, 0.29) is 103 Å². The van der Waals surface area contributed by atoms with Crippen molar-refractivity contribution in [2.45, 2.75) is 0 Å². The second kappa shape index (κ2) is 7.31. The Kier molecular flexibility index (Phi) is 12.4. The summed E-state index contributed by atoms with van der Waals surface area (Å²) in [4.78, 5) is 0. The van der Waals surface area contributed by atoms with Crippen molar-refractivity contribution >= 4 is 123 Å². The molecule has 0 aliphatic rings. The molecule has 12 heteroatoms. The van der Waals surface area contributed by atoms with E-state index in [2.05, 4.69) is 0 Å². The van der Waals surface area contributed by atoms with Gasteiger partial charge in [-0.15, -0.1) is 0 Å². The fourth-order valence-corrected chi connectivity index (χ4v) is 1.07. The zero-order chi connectivity index (χ0) is 8.58. The molecule has 0 aromatic carbocycles. The van der Waals surface area contributed by atoms with Crippen molar-refractivity contribution in [2.24, 2.45) is 0 Å². The van der Waals surface area contributed by atoms with Gasteiger partial charge < -0.3 is 0 Å². The molecular weight excluding hydrogens is 268 g/mol. The van der Waals surface area contributed by atoms with Crippen LogP contribution in [0.3, 0.4) is 0 Å². The maximum absolute atomic E-state index is 9.73. The fourth-order valence-electron chi connectivity index (χ4n) is 0.119. The van der Waals surface area contributed by atoms with Crippen molar-refractivity contribution in [1.82, 2.24) is 3.87 Å². The molecular formula is H2K2NO7S2. The average molecular weight is 270 g/mol. The van der Waals surface area contributed by atoms with Gasteiger partial charge in [0.15, 0.2) is 0 Å². The van der Waals surface area contributed by atoms with Crippen LogP contribution in [0, 0.1) is 0 Å². The van der Waals surface area contributed by atoms with Gasteiger partial charge in [0.2, 0.25) is 0 Å². The topological polar surface area (TPSA) is 132 Å². The summed E-state index contributed by atoms with van der Waals surface area (Å²) in [5, 5.41) is 9.73. The molecule has 0 spiro atoms. The molecule has 0 aliphatic carbocycles. The summed E-state index contributed by atoms with van der Waals surface area (Å²) >= 11 is 0. The molecule has 0 heterocycles. The number of nitrogens with zero attached hydrogens (tertiary/aromatic N) is 1. The molecule has 0 saturated heterocycles. The van der Waals surface area contributed by atoms with E-state index in [1.807, 2.05) is 0 Å². The molecule has 0 bridgehead atoms. The first-order chi connectivity index (χ1) is 4.15. The summed E-state index contributed by atoms with van der Waals surface area (Å²) in [5.41, 5.74) is 0. The molecule has 0 rings (SSSR count). The molecule has 0 amide bonds. The summed E-state index contributed by atoms with van der Waals surface area (Å²) in [5.74, 6) is 0. The Morgan fingerprint density at radius 2 is 1.00 bits per heavy atom. The number of hydrogen-bond donors (Lipinski definition) is 2. The van der Waals surface area contributed by atoms with Crippen LogP contribution in [0.15, 0.2) is 0 Å². The third-order valence-corrected chi connectivity index (χ3v) is 2.26. The summed E-state index contributed by atoms with van der Waals surface area (Å²) in [7, 11) is -10.8. The Morgan fingerprint density at radius 3 is 1.00 bits per heavy atom. The minimum Gasteiger partial charge on any atom is -0.271 e. The Labute approximate surface area is 154 Å². The van der Waals surface area contributed by atoms with Gasteiger partial charge in [0.05, 0.1) is 0 Å². The quantitative estimate of drug-likeness (QED) is 0.323. The van der Waals surface area contributed by atoms with Crippen molar-refractivity contribution in [3.63, 3.8) is 0 Å². The Morgan fingerprint density at radius 1 is 0.833 bits per heavy atom. The van der Waals surface area contributed by atoms with E-state index in [0.29, 0.717) is 0 Å². The van der Waals surface area contributed by atoms with E-state index >= 15 is 0 Å². The molecule has 0 aromatic rings. The third-order valence-electron chi connectivity index (χ3n) is 0.377. The fraction of sp³-hybridized carbons (Fsp3) is 0. The molecule has 63 valence electrons. The van der Waals surface area contributed by atoms with Crippen LogP contribution in [-0.4, -0.2) is 133 Å². The van der Waals surface area contributed by atoms with Crippen LogP contribution in [0.25, 0.3) is 0 Å². The molecule has 12 heavy (non-hydrogen) atoms. The van der Waals surface area contributed by atoms with Gasteiger partial charge in [0, 0.05) is 103 Å². The molecule has 8 nitrogen and oxygen atoms in total. The largest absolute Gasteiger partial charge is 0.377 e. The third kappa shape index (κ3) is 8.33. The minimum absolute atomic E-state index is 0. The molecule has 3 radical (unpaired) electrons. The van der Waals surface area contributed by atoms with Crippen molar-refractivity contribution in [3.05, 3.63) is 0 Å². The molecule has 0 saturated carbocycles. The van der Waals surface area contributed by atoms with Gasteiger partial charge in [-0.1, -0.05) is 5.21 Å². The molecule has 0 atom stereocenters. The summed E-state index contributed by atoms with van der Waals surface area (Å²) in [6, 6.07) is 0. The normalized spacial score (nSPS) is 11.7. The van der Waals surface area contributed by atoms with Crippen LogP contribution < -0.4 is 0 Å². The predicted molar refractivity (Wildman–Crippen MR) is 37.1 cm³/mol. The van der Waals surface area contributed by atoms with Gasteiger partial charge in [-0.3, -0.25) is 9.11 Å². The molecule has 0 aromatic heterocycles. The summed E-state index contributed by atoms with van der Waals surface area (Å²) < 4.78 is 51.9. The smallest absolute Gasteiger partial charge is 0.271 e. The Balaban J connectivity index is -0.000000405. The van der Waals surface area contributed by atoms with Crippen LogP contribution in [0.1, 0.15) is 0 Å². The van der Waals surface area contributed by atoms with Gasteiger partial charge in [-0.25, -0.2) is 0 Å². The van der Waals surface area contributed by atoms with Gasteiger partial charge in [0.25, 0.3) is 0 Å². The Hall–Kier alpha value is 3.01. The van der Waals surface area contributed by atoms with Crippen LogP contribution in [-0.2, 0) is 25.8 Å². The van der Waals surface area contributed by atoms with Gasteiger partial charge in [-0.2, -0.15) is 16.8 Å². The first-order valence-electron chi connectivity index (χ1n) is 1.58. The van der Waals surface area contributed by atoms with Crippen molar-refractivity contribution < 1.29 is 31.1 Å². The van der Waals surface area contributed by atoms with E-state index in [0.717, 1.165) is 0 Å². The molecule has 0 fully saturated rings. The standard InChI is InChI=1S/2K.H2NO7S2/c;;2-1(9(3,4)5)10(6,7)8/h;;(H,3,4,5)(H,6,7,8). The van der Waals surface area contributed by atoms with Gasteiger partial charge in [-0.05, 0) is 0 Å². The van der Waals surface area contributed by atoms with E-state index in [1.54, 1.807) is 0 Å². The number of rotatable bonds is 2. The van der Waals surface area contributed by atoms with Gasteiger partial charge >= 0.3 is 20.6 Å². The molecule has 0 unspecified atom stereocenters. The van der Waals surface area contributed by atoms with E-state index in [1.165, 1.54) is 0 Å².